The first-order valence-electron chi connectivity index (χ1n) is 5.73. The maximum atomic E-state index is 11.7. The first-order valence-corrected chi connectivity index (χ1v) is 6.13. The zero-order chi connectivity index (χ0) is 13.7. The Bertz CT molecular complexity index is 447. The first-order chi connectivity index (χ1) is 8.40. The van der Waals surface area contributed by atoms with Gasteiger partial charge in [-0.05, 0) is 32.9 Å². The first kappa shape index (κ1) is 14.4. The van der Waals surface area contributed by atoms with Crippen molar-refractivity contribution in [2.24, 2.45) is 5.73 Å². The quantitative estimate of drug-likeness (QED) is 0.694. The van der Waals surface area contributed by atoms with Crippen molar-refractivity contribution in [3.8, 4) is 0 Å². The summed E-state index contributed by atoms with van der Waals surface area (Å²) in [5.41, 5.74) is 6.26. The third kappa shape index (κ3) is 4.29. The lowest BCUT2D eigenvalue weighted by atomic mass is 10.2. The van der Waals surface area contributed by atoms with Crippen molar-refractivity contribution in [2.75, 3.05) is 5.32 Å². The van der Waals surface area contributed by atoms with Gasteiger partial charge < -0.3 is 16.4 Å². The van der Waals surface area contributed by atoms with Crippen LogP contribution < -0.4 is 16.4 Å². The predicted molar refractivity (Wildman–Crippen MR) is 76.5 cm³/mol. The second kappa shape index (κ2) is 6.30. The fourth-order valence-corrected chi connectivity index (χ4v) is 1.49. The average Bonchev–Trinajstić information content (AvgIpc) is 2.28. The molecule has 0 bridgehead atoms. The summed E-state index contributed by atoms with van der Waals surface area (Å²) < 4.78 is 0. The summed E-state index contributed by atoms with van der Waals surface area (Å²) in [6.07, 6.45) is 1.60. The molecule has 5 nitrogen and oxygen atoms in total. The summed E-state index contributed by atoms with van der Waals surface area (Å²) in [7, 11) is 0. The van der Waals surface area contributed by atoms with Crippen LogP contribution in [-0.4, -0.2) is 28.0 Å². The Morgan fingerprint density at radius 2 is 2.11 bits per heavy atom. The van der Waals surface area contributed by atoms with Crippen molar-refractivity contribution in [1.29, 1.82) is 0 Å². The van der Waals surface area contributed by atoms with Gasteiger partial charge in [0, 0.05) is 17.8 Å². The van der Waals surface area contributed by atoms with Gasteiger partial charge in [0.1, 0.15) is 16.8 Å². The van der Waals surface area contributed by atoms with Crippen molar-refractivity contribution >= 4 is 28.9 Å². The number of hydrogen-bond donors (Lipinski definition) is 3. The zero-order valence-electron chi connectivity index (χ0n) is 10.7. The molecule has 1 heterocycles. The Hall–Kier alpha value is -1.69. The molecule has 1 unspecified atom stereocenters. The minimum absolute atomic E-state index is 0.0764. The van der Waals surface area contributed by atoms with Crippen LogP contribution in [0.4, 0.5) is 5.82 Å². The van der Waals surface area contributed by atoms with Crippen molar-refractivity contribution in [3.63, 3.8) is 0 Å². The molecular weight excluding hydrogens is 248 g/mol. The minimum atomic E-state index is -0.374. The van der Waals surface area contributed by atoms with E-state index in [1.165, 1.54) is 0 Å². The highest BCUT2D eigenvalue weighted by molar-refractivity contribution is 7.80. The summed E-state index contributed by atoms with van der Waals surface area (Å²) in [5, 5.41) is 5.82. The van der Waals surface area contributed by atoms with Crippen LogP contribution in [0.25, 0.3) is 0 Å². The van der Waals surface area contributed by atoms with Crippen molar-refractivity contribution < 1.29 is 4.79 Å². The second-order valence-corrected chi connectivity index (χ2v) is 4.76. The lowest BCUT2D eigenvalue weighted by molar-refractivity contribution is -0.122. The molecule has 0 radical (unpaired) electrons. The van der Waals surface area contributed by atoms with Crippen molar-refractivity contribution in [1.82, 2.24) is 10.3 Å². The highest BCUT2D eigenvalue weighted by Crippen LogP contribution is 2.08. The molecule has 4 N–H and O–H groups in total. The molecule has 1 amide bonds. The summed E-state index contributed by atoms with van der Waals surface area (Å²) in [6, 6.07) is 3.19. The largest absolute Gasteiger partial charge is 0.389 e. The van der Waals surface area contributed by atoms with Crippen LogP contribution in [-0.2, 0) is 4.79 Å². The Labute approximate surface area is 112 Å². The van der Waals surface area contributed by atoms with E-state index >= 15 is 0 Å². The molecule has 0 saturated heterocycles. The van der Waals surface area contributed by atoms with Gasteiger partial charge in [-0.25, -0.2) is 4.98 Å². The van der Waals surface area contributed by atoms with E-state index in [1.54, 1.807) is 25.3 Å². The van der Waals surface area contributed by atoms with Crippen LogP contribution in [0.5, 0.6) is 0 Å². The van der Waals surface area contributed by atoms with Crippen LogP contribution in [0, 0.1) is 0 Å². The molecule has 0 aliphatic rings. The van der Waals surface area contributed by atoms with E-state index in [-0.39, 0.29) is 18.0 Å². The van der Waals surface area contributed by atoms with Gasteiger partial charge in [0.15, 0.2) is 0 Å². The van der Waals surface area contributed by atoms with Gasteiger partial charge in [-0.15, -0.1) is 0 Å². The molecule has 0 aliphatic carbocycles. The fraction of sp³-hybridized carbons (Fsp3) is 0.417. The van der Waals surface area contributed by atoms with Gasteiger partial charge in [0.25, 0.3) is 0 Å². The topological polar surface area (TPSA) is 80.0 Å². The number of rotatable bonds is 5. The van der Waals surface area contributed by atoms with Gasteiger partial charge >= 0.3 is 0 Å². The standard InChI is InChI=1S/C12H18N4OS/c1-7(2)15-12(17)8(3)16-10-6-9(11(13)18)4-5-14-10/h4-8H,1-3H3,(H2,13,18)(H,14,16)(H,15,17). The zero-order valence-corrected chi connectivity index (χ0v) is 11.5. The highest BCUT2D eigenvalue weighted by atomic mass is 32.1. The number of nitrogens with zero attached hydrogens (tertiary/aromatic N) is 1. The van der Waals surface area contributed by atoms with Crippen molar-refractivity contribution in [2.45, 2.75) is 32.9 Å². The summed E-state index contributed by atoms with van der Waals surface area (Å²) in [4.78, 5) is 16.1. The highest BCUT2D eigenvalue weighted by Gasteiger charge is 2.13. The molecule has 1 aromatic rings. The van der Waals surface area contributed by atoms with Crippen LogP contribution >= 0.6 is 12.2 Å². The van der Waals surface area contributed by atoms with Crippen LogP contribution in [0.15, 0.2) is 18.3 Å². The van der Waals surface area contributed by atoms with Crippen molar-refractivity contribution in [3.05, 3.63) is 23.9 Å². The SMILES string of the molecule is CC(C)NC(=O)C(C)Nc1cc(C(N)=S)ccn1. The molecule has 98 valence electrons. The van der Waals surface area contributed by atoms with Gasteiger partial charge in [-0.3, -0.25) is 4.79 Å². The van der Waals surface area contributed by atoms with E-state index < -0.39 is 0 Å². The number of thiocarbonyl (C=S) groups is 1. The number of hydrogen-bond acceptors (Lipinski definition) is 4. The molecule has 1 aromatic heterocycles. The molecule has 0 fully saturated rings. The summed E-state index contributed by atoms with van der Waals surface area (Å²) in [5.74, 6) is 0.499. The predicted octanol–water partition coefficient (Wildman–Crippen LogP) is 1.04. The normalized spacial score (nSPS) is 12.0. The number of pyridine rings is 1. The maximum Gasteiger partial charge on any atom is 0.242 e. The van der Waals surface area contributed by atoms with Gasteiger partial charge in [-0.2, -0.15) is 0 Å². The van der Waals surface area contributed by atoms with Crippen LogP contribution in [0.1, 0.15) is 26.3 Å². The van der Waals surface area contributed by atoms with Gasteiger partial charge in [0.05, 0.1) is 0 Å². The monoisotopic (exact) mass is 266 g/mol. The molecular formula is C12H18N4OS. The Morgan fingerprint density at radius 3 is 2.67 bits per heavy atom. The Balaban J connectivity index is 2.69. The second-order valence-electron chi connectivity index (χ2n) is 4.32. The Kier molecular flexibility index (Phi) is 5.03. The summed E-state index contributed by atoms with van der Waals surface area (Å²) >= 11 is 4.89. The number of anilines is 1. The molecule has 6 heteroatoms. The molecule has 18 heavy (non-hydrogen) atoms. The lowest BCUT2D eigenvalue weighted by Gasteiger charge is -2.16. The number of aromatic nitrogens is 1. The summed E-state index contributed by atoms with van der Waals surface area (Å²) in [6.45, 7) is 5.60. The maximum absolute atomic E-state index is 11.7. The molecule has 0 saturated carbocycles. The molecule has 1 atom stereocenters. The lowest BCUT2D eigenvalue weighted by Crippen LogP contribution is -2.41. The number of nitrogens with two attached hydrogens (primary N) is 1. The number of amides is 1. The number of nitrogens with one attached hydrogen (secondary N) is 2. The average molecular weight is 266 g/mol. The van der Waals surface area contributed by atoms with E-state index in [9.17, 15) is 4.79 Å². The smallest absolute Gasteiger partial charge is 0.242 e. The van der Waals surface area contributed by atoms with E-state index in [0.717, 1.165) is 5.56 Å². The van der Waals surface area contributed by atoms with Gasteiger partial charge in [-0.1, -0.05) is 12.2 Å². The van der Waals surface area contributed by atoms with E-state index in [1.807, 2.05) is 13.8 Å². The Morgan fingerprint density at radius 1 is 1.44 bits per heavy atom. The third-order valence-electron chi connectivity index (χ3n) is 2.23. The minimum Gasteiger partial charge on any atom is -0.389 e. The molecule has 0 aliphatic heterocycles. The third-order valence-corrected chi connectivity index (χ3v) is 2.47. The van der Waals surface area contributed by atoms with Crippen LogP contribution in [0.3, 0.4) is 0 Å². The molecule has 1 rings (SSSR count). The van der Waals surface area contributed by atoms with E-state index in [0.29, 0.717) is 10.8 Å². The number of carbonyl (C=O) groups is 1. The van der Waals surface area contributed by atoms with Gasteiger partial charge in [0.2, 0.25) is 5.91 Å². The van der Waals surface area contributed by atoms with E-state index in [4.69, 9.17) is 18.0 Å². The molecule has 0 aromatic carbocycles. The molecule has 0 spiro atoms. The van der Waals surface area contributed by atoms with Crippen LogP contribution in [0.2, 0.25) is 0 Å². The fourth-order valence-electron chi connectivity index (χ4n) is 1.36. The number of carbonyl (C=O) groups excluding carboxylic acids is 1. The van der Waals surface area contributed by atoms with E-state index in [2.05, 4.69) is 15.6 Å².